The predicted molar refractivity (Wildman–Crippen MR) is 128 cm³/mol. The van der Waals surface area contributed by atoms with Gasteiger partial charge >= 0.3 is 0 Å². The average Bonchev–Trinajstić information content (AvgIpc) is 3.08. The van der Waals surface area contributed by atoms with E-state index in [9.17, 15) is 14.7 Å². The maximum absolute atomic E-state index is 13.3. The van der Waals surface area contributed by atoms with Crippen molar-refractivity contribution in [2.45, 2.75) is 26.8 Å². The number of amides is 1. The molecule has 1 saturated heterocycles. The highest BCUT2D eigenvalue weighted by atomic mass is 16.5. The van der Waals surface area contributed by atoms with E-state index in [2.05, 4.69) is 18.7 Å². The van der Waals surface area contributed by atoms with Gasteiger partial charge in [-0.05, 0) is 38.2 Å². The zero-order chi connectivity index (χ0) is 24.1. The van der Waals surface area contributed by atoms with Gasteiger partial charge in [-0.2, -0.15) is 0 Å². The third-order valence-electron chi connectivity index (χ3n) is 6.14. The summed E-state index contributed by atoms with van der Waals surface area (Å²) in [6.07, 6.45) is 0. The summed E-state index contributed by atoms with van der Waals surface area (Å²) >= 11 is 0. The fourth-order valence-electron chi connectivity index (χ4n) is 4.27. The Hall–Kier alpha value is -3.32. The van der Waals surface area contributed by atoms with Crippen molar-refractivity contribution in [3.8, 4) is 11.5 Å². The lowest BCUT2D eigenvalue weighted by Gasteiger charge is -2.29. The quantitative estimate of drug-likeness (QED) is 0.354. The van der Waals surface area contributed by atoms with Crippen LogP contribution in [0.5, 0.6) is 11.5 Å². The Balaban J connectivity index is 2.21. The second-order valence-corrected chi connectivity index (χ2v) is 7.97. The lowest BCUT2D eigenvalue weighted by molar-refractivity contribution is -0.140. The molecule has 0 aromatic heterocycles. The number of carbonyl (C=O) groups excluding carboxylic acids is 2. The first-order chi connectivity index (χ1) is 15.9. The highest BCUT2D eigenvalue weighted by Gasteiger charge is 2.47. The minimum absolute atomic E-state index is 0.0351. The van der Waals surface area contributed by atoms with E-state index >= 15 is 0 Å². The molecule has 1 fully saturated rings. The van der Waals surface area contributed by atoms with Gasteiger partial charge in [0.1, 0.15) is 17.3 Å². The number of nitrogens with zero attached hydrogens (tertiary/aromatic N) is 2. The summed E-state index contributed by atoms with van der Waals surface area (Å²) in [6, 6.07) is 11.8. The summed E-state index contributed by atoms with van der Waals surface area (Å²) < 4.78 is 11.0. The number of Topliss-reactive ketones (excluding diaryl/α,β-unsaturated/α-hetero) is 1. The van der Waals surface area contributed by atoms with Crippen LogP contribution >= 0.6 is 0 Å². The molecule has 176 valence electrons. The molecule has 0 spiro atoms. The molecule has 1 heterocycles. The molecule has 1 aliphatic heterocycles. The van der Waals surface area contributed by atoms with Crippen LogP contribution in [0.3, 0.4) is 0 Å². The maximum Gasteiger partial charge on any atom is 0.295 e. The first kappa shape index (κ1) is 24.3. The summed E-state index contributed by atoms with van der Waals surface area (Å²) in [7, 11) is 3.05. The van der Waals surface area contributed by atoms with Gasteiger partial charge in [-0.3, -0.25) is 9.59 Å². The molecule has 1 atom stereocenters. The number of benzene rings is 2. The number of hydrogen-bond donors (Lipinski definition) is 1. The Kier molecular flexibility index (Phi) is 7.76. The number of carbonyl (C=O) groups is 2. The van der Waals surface area contributed by atoms with Crippen molar-refractivity contribution in [1.29, 1.82) is 0 Å². The normalized spacial score (nSPS) is 17.6. The molecule has 7 nitrogen and oxygen atoms in total. The number of likely N-dealkylation sites (N-methyl/N-ethyl adjacent to an activating group) is 1. The van der Waals surface area contributed by atoms with Gasteiger partial charge in [0.25, 0.3) is 11.7 Å². The van der Waals surface area contributed by atoms with Gasteiger partial charge in [0.05, 0.1) is 31.4 Å². The second-order valence-electron chi connectivity index (χ2n) is 7.97. The number of hydrogen-bond acceptors (Lipinski definition) is 6. The van der Waals surface area contributed by atoms with Crippen molar-refractivity contribution >= 4 is 17.4 Å². The van der Waals surface area contributed by atoms with Crippen molar-refractivity contribution < 1.29 is 24.2 Å². The highest BCUT2D eigenvalue weighted by molar-refractivity contribution is 6.46. The Labute approximate surface area is 195 Å². The standard InChI is InChI=1S/C26H32N2O5/c1-6-27(7-2)14-15-28-23(18-10-8-9-11-20(18)32-4)22(25(30)26(28)31)24(29)19-16-17(3)12-13-21(19)33-5/h8-13,16,23,29H,6-7,14-15H2,1-5H3/b24-22+. The fourth-order valence-corrected chi connectivity index (χ4v) is 4.27. The molecule has 7 heteroatoms. The van der Waals surface area contributed by atoms with E-state index in [-0.39, 0.29) is 11.3 Å². The van der Waals surface area contributed by atoms with Crippen molar-refractivity contribution in [2.75, 3.05) is 40.4 Å². The van der Waals surface area contributed by atoms with E-state index in [1.807, 2.05) is 31.2 Å². The molecule has 1 amide bonds. The van der Waals surface area contributed by atoms with E-state index in [0.717, 1.165) is 18.7 Å². The summed E-state index contributed by atoms with van der Waals surface area (Å²) in [5, 5.41) is 11.4. The van der Waals surface area contributed by atoms with Crippen molar-refractivity contribution in [2.24, 2.45) is 0 Å². The lowest BCUT2D eigenvalue weighted by atomic mass is 9.94. The number of aliphatic hydroxyl groups is 1. The van der Waals surface area contributed by atoms with Crippen LogP contribution < -0.4 is 9.47 Å². The van der Waals surface area contributed by atoms with Crippen LogP contribution in [-0.2, 0) is 9.59 Å². The molecule has 0 bridgehead atoms. The molecular weight excluding hydrogens is 420 g/mol. The molecule has 3 rings (SSSR count). The number of rotatable bonds is 9. The summed E-state index contributed by atoms with van der Waals surface area (Å²) in [6.45, 7) is 8.62. The number of methoxy groups -OCH3 is 2. The molecule has 2 aromatic rings. The van der Waals surface area contributed by atoms with Crippen molar-refractivity contribution in [3.63, 3.8) is 0 Å². The molecule has 1 unspecified atom stereocenters. The third kappa shape index (κ3) is 4.73. The number of ketones is 1. The van der Waals surface area contributed by atoms with E-state index in [4.69, 9.17) is 9.47 Å². The van der Waals surface area contributed by atoms with Gasteiger partial charge in [-0.15, -0.1) is 0 Å². The smallest absolute Gasteiger partial charge is 0.295 e. The Morgan fingerprint density at radius 1 is 1.03 bits per heavy atom. The molecule has 0 aliphatic carbocycles. The first-order valence-corrected chi connectivity index (χ1v) is 11.2. The van der Waals surface area contributed by atoms with E-state index < -0.39 is 17.7 Å². The van der Waals surface area contributed by atoms with Crippen LogP contribution in [0, 0.1) is 6.92 Å². The minimum Gasteiger partial charge on any atom is -0.507 e. The minimum atomic E-state index is -0.776. The Morgan fingerprint density at radius 3 is 2.33 bits per heavy atom. The Bertz CT molecular complexity index is 1060. The van der Waals surface area contributed by atoms with Crippen LogP contribution in [0.1, 0.15) is 36.6 Å². The zero-order valence-electron chi connectivity index (χ0n) is 19.9. The maximum atomic E-state index is 13.3. The monoisotopic (exact) mass is 452 g/mol. The van der Waals surface area contributed by atoms with Crippen LogP contribution in [0.4, 0.5) is 0 Å². The van der Waals surface area contributed by atoms with Crippen LogP contribution in [0.15, 0.2) is 48.0 Å². The van der Waals surface area contributed by atoms with Gasteiger partial charge in [-0.25, -0.2) is 0 Å². The van der Waals surface area contributed by atoms with Gasteiger partial charge in [0, 0.05) is 18.7 Å². The highest BCUT2D eigenvalue weighted by Crippen LogP contribution is 2.43. The number of aliphatic hydroxyl groups excluding tert-OH is 1. The molecule has 0 radical (unpaired) electrons. The molecule has 0 saturated carbocycles. The predicted octanol–water partition coefficient (Wildman–Crippen LogP) is 3.78. The van der Waals surface area contributed by atoms with Gasteiger partial charge in [-0.1, -0.05) is 43.7 Å². The van der Waals surface area contributed by atoms with Crippen molar-refractivity contribution in [1.82, 2.24) is 9.80 Å². The second kappa shape index (κ2) is 10.5. The summed E-state index contributed by atoms with van der Waals surface area (Å²) in [5.74, 6) is -0.640. The molecule has 2 aromatic carbocycles. The summed E-state index contributed by atoms with van der Waals surface area (Å²) in [4.78, 5) is 30.2. The Morgan fingerprint density at radius 2 is 1.70 bits per heavy atom. The van der Waals surface area contributed by atoms with Crippen LogP contribution in [-0.4, -0.2) is 67.0 Å². The van der Waals surface area contributed by atoms with Gasteiger partial charge in [0.2, 0.25) is 0 Å². The largest absolute Gasteiger partial charge is 0.507 e. The van der Waals surface area contributed by atoms with Crippen molar-refractivity contribution in [3.05, 3.63) is 64.7 Å². The summed E-state index contributed by atoms with van der Waals surface area (Å²) in [5.41, 5.74) is 1.95. The fraction of sp³-hybridized carbons (Fsp3) is 0.385. The molecule has 33 heavy (non-hydrogen) atoms. The SMILES string of the molecule is CCN(CC)CCN1C(=O)C(=O)/C(=C(/O)c2cc(C)ccc2OC)C1c1ccccc1OC. The van der Waals surface area contributed by atoms with Gasteiger partial charge in [0.15, 0.2) is 0 Å². The average molecular weight is 453 g/mol. The van der Waals surface area contributed by atoms with E-state index in [0.29, 0.717) is 35.7 Å². The topological polar surface area (TPSA) is 79.3 Å². The number of aryl methyl sites for hydroxylation is 1. The molecule has 1 N–H and O–H groups in total. The van der Waals surface area contributed by atoms with Crippen LogP contribution in [0.2, 0.25) is 0 Å². The molecule has 1 aliphatic rings. The van der Waals surface area contributed by atoms with E-state index in [1.54, 1.807) is 25.3 Å². The lowest BCUT2D eigenvalue weighted by Crippen LogP contribution is -2.38. The molecular formula is C26H32N2O5. The van der Waals surface area contributed by atoms with Crippen LogP contribution in [0.25, 0.3) is 5.76 Å². The first-order valence-electron chi connectivity index (χ1n) is 11.2. The number of para-hydroxylation sites is 1. The van der Waals surface area contributed by atoms with E-state index in [1.165, 1.54) is 12.0 Å². The third-order valence-corrected chi connectivity index (χ3v) is 6.14. The number of ether oxygens (including phenoxy) is 2. The zero-order valence-corrected chi connectivity index (χ0v) is 19.9. The number of likely N-dealkylation sites (tertiary alicyclic amines) is 1. The van der Waals surface area contributed by atoms with Gasteiger partial charge < -0.3 is 24.4 Å².